The highest BCUT2D eigenvalue weighted by Crippen LogP contribution is 2.43. The number of hydrogen-bond acceptors (Lipinski definition) is 9. The van der Waals surface area contributed by atoms with Crippen molar-refractivity contribution in [2.75, 3.05) is 5.75 Å². The average molecular weight is 632 g/mol. The lowest BCUT2D eigenvalue weighted by molar-refractivity contribution is -0.268. The van der Waals surface area contributed by atoms with Gasteiger partial charge in [0.15, 0.2) is 6.29 Å². The molecule has 3 aromatic carbocycles. The number of nitrogens with one attached hydrogen (secondary N) is 1. The largest absolute Gasteiger partial charge is 0.481 e. The number of carbonyl (C=O) groups is 2. The zero-order valence-electron chi connectivity index (χ0n) is 25.2. The topological polar surface area (TPSA) is 149 Å². The zero-order chi connectivity index (χ0) is 31.8. The van der Waals surface area contributed by atoms with Gasteiger partial charge in [0, 0.05) is 43.7 Å². The van der Waals surface area contributed by atoms with Crippen LogP contribution in [0.15, 0.2) is 78.0 Å². The van der Waals surface area contributed by atoms with Gasteiger partial charge in [0.1, 0.15) is 0 Å². The van der Waals surface area contributed by atoms with Gasteiger partial charge in [-0.3, -0.25) is 9.59 Å². The predicted molar refractivity (Wildman–Crippen MR) is 168 cm³/mol. The number of hydrogen-bond donors (Lipinski definition) is 3. The van der Waals surface area contributed by atoms with Crippen LogP contribution in [0.2, 0.25) is 0 Å². The first-order chi connectivity index (χ1) is 21.8. The van der Waals surface area contributed by atoms with Gasteiger partial charge in [-0.25, -0.2) is 4.68 Å². The Morgan fingerprint density at radius 3 is 2.42 bits per heavy atom. The van der Waals surface area contributed by atoms with Crippen molar-refractivity contribution in [2.24, 2.45) is 13.0 Å². The molecule has 1 saturated heterocycles. The molecule has 5 rings (SSSR count). The average Bonchev–Trinajstić information content (AvgIpc) is 3.47. The normalized spacial score (nSPS) is 19.7. The number of nitrogens with zero attached hydrogens (tertiary/aromatic N) is 4. The molecule has 0 spiro atoms. The van der Waals surface area contributed by atoms with Crippen LogP contribution in [0.5, 0.6) is 0 Å². The number of rotatable bonds is 13. The maximum absolute atomic E-state index is 12.2. The highest BCUT2D eigenvalue weighted by atomic mass is 32.2. The quantitative estimate of drug-likeness (QED) is 0.175. The minimum atomic E-state index is -0.905. The summed E-state index contributed by atoms with van der Waals surface area (Å²) in [6.45, 7) is 2.45. The maximum Gasteiger partial charge on any atom is 0.303 e. The second-order valence-corrected chi connectivity index (χ2v) is 12.1. The second kappa shape index (κ2) is 15.3. The van der Waals surface area contributed by atoms with Crippen molar-refractivity contribution < 1.29 is 29.3 Å². The van der Waals surface area contributed by atoms with E-state index >= 15 is 0 Å². The molecule has 11 nitrogen and oxygen atoms in total. The van der Waals surface area contributed by atoms with E-state index in [9.17, 15) is 14.7 Å². The van der Waals surface area contributed by atoms with Crippen molar-refractivity contribution in [1.82, 2.24) is 25.5 Å². The number of carbonyl (C=O) groups excluding carboxylic acids is 1. The number of ether oxygens (including phenoxy) is 2. The summed E-state index contributed by atoms with van der Waals surface area (Å²) >= 11 is 1.54. The number of thioether (sulfide) groups is 1. The van der Waals surface area contributed by atoms with E-state index < -0.39 is 12.3 Å². The minimum Gasteiger partial charge on any atom is -0.481 e. The number of aliphatic hydroxyl groups excluding tert-OH is 1. The molecule has 45 heavy (non-hydrogen) atoms. The van der Waals surface area contributed by atoms with Gasteiger partial charge in [-0.2, -0.15) is 0 Å². The molecule has 1 aliphatic heterocycles. The first-order valence-electron chi connectivity index (χ1n) is 14.8. The summed E-state index contributed by atoms with van der Waals surface area (Å²) in [7, 11) is 1.81. The van der Waals surface area contributed by atoms with Gasteiger partial charge in [0.2, 0.25) is 11.1 Å². The predicted octanol–water partition coefficient (Wildman–Crippen LogP) is 4.82. The summed E-state index contributed by atoms with van der Waals surface area (Å²) in [4.78, 5) is 22.9. The Morgan fingerprint density at radius 1 is 0.956 bits per heavy atom. The van der Waals surface area contributed by atoms with E-state index in [4.69, 9.17) is 14.6 Å². The lowest BCUT2D eigenvalue weighted by Gasteiger charge is -2.41. The van der Waals surface area contributed by atoms with Crippen LogP contribution in [-0.4, -0.2) is 54.2 Å². The second-order valence-electron chi connectivity index (χ2n) is 11.1. The molecule has 0 aliphatic carbocycles. The van der Waals surface area contributed by atoms with Crippen LogP contribution in [0, 0.1) is 5.92 Å². The summed E-state index contributed by atoms with van der Waals surface area (Å²) in [6.07, 6.45) is -0.577. The Kier molecular flexibility index (Phi) is 11.0. The van der Waals surface area contributed by atoms with Crippen molar-refractivity contribution in [3.8, 4) is 11.1 Å². The molecule has 4 unspecified atom stereocenters. The van der Waals surface area contributed by atoms with E-state index in [1.165, 1.54) is 11.8 Å². The molecule has 0 radical (unpaired) electrons. The maximum atomic E-state index is 12.2. The van der Waals surface area contributed by atoms with E-state index in [1.54, 1.807) is 4.68 Å². The first-order valence-corrected chi connectivity index (χ1v) is 15.8. The van der Waals surface area contributed by atoms with Gasteiger partial charge >= 0.3 is 5.97 Å². The van der Waals surface area contributed by atoms with Crippen LogP contribution in [0.25, 0.3) is 11.1 Å². The highest BCUT2D eigenvalue weighted by Gasteiger charge is 2.38. The van der Waals surface area contributed by atoms with Gasteiger partial charge < -0.3 is 25.0 Å². The third-order valence-corrected chi connectivity index (χ3v) is 8.88. The van der Waals surface area contributed by atoms with E-state index in [0.29, 0.717) is 23.9 Å². The standard InChI is InChI=1S/C33H37N5O6S/c1-21-28(20-45-33-35-36-37-38(33)2)43-32(44-31(21)24-14-12-22(19-39)13-15-24)27-9-4-8-26(17-27)25-7-3-6-23(16-25)18-34-29(40)10-5-11-30(41)42/h3-4,6-9,12-17,21,28,31-32,39H,5,10-11,18-20H2,1-2H3,(H,34,40)(H,41,42). The Bertz CT molecular complexity index is 1600. The molecule has 0 saturated carbocycles. The molecule has 1 fully saturated rings. The van der Waals surface area contributed by atoms with Gasteiger partial charge in [0.25, 0.3) is 0 Å². The van der Waals surface area contributed by atoms with Gasteiger partial charge in [0.05, 0.1) is 18.8 Å². The van der Waals surface area contributed by atoms with Crippen molar-refractivity contribution in [1.29, 1.82) is 0 Å². The van der Waals surface area contributed by atoms with E-state index in [-0.39, 0.29) is 43.5 Å². The number of aliphatic hydroxyl groups is 1. The Hall–Kier alpha value is -4.10. The minimum absolute atomic E-state index is 0.0223. The molecule has 1 amide bonds. The summed E-state index contributed by atoms with van der Waals surface area (Å²) in [5.74, 6) is -0.427. The molecule has 3 N–H and O–H groups in total. The number of amides is 1. The lowest BCUT2D eigenvalue weighted by Crippen LogP contribution is -2.38. The van der Waals surface area contributed by atoms with Gasteiger partial charge in [-0.1, -0.05) is 79.3 Å². The molecular weight excluding hydrogens is 594 g/mol. The van der Waals surface area contributed by atoms with Gasteiger partial charge in [-0.15, -0.1) is 5.10 Å². The third kappa shape index (κ3) is 8.54. The number of tetrazole rings is 1. The van der Waals surface area contributed by atoms with Crippen LogP contribution in [-0.2, 0) is 39.3 Å². The number of aliphatic carboxylic acids is 1. The van der Waals surface area contributed by atoms with Crippen LogP contribution in [0.4, 0.5) is 0 Å². The molecular formula is C33H37N5O6S. The SMILES string of the molecule is CC1C(CSc2nnnn2C)OC(c2cccc(-c3cccc(CNC(=O)CCCC(=O)O)c3)c2)OC1c1ccc(CO)cc1. The molecule has 1 aliphatic rings. The highest BCUT2D eigenvalue weighted by molar-refractivity contribution is 7.99. The van der Waals surface area contributed by atoms with Crippen LogP contribution in [0.3, 0.4) is 0 Å². The van der Waals surface area contributed by atoms with Crippen LogP contribution < -0.4 is 5.32 Å². The van der Waals surface area contributed by atoms with E-state index in [2.05, 4.69) is 33.8 Å². The Balaban J connectivity index is 1.33. The molecule has 2 heterocycles. The molecule has 236 valence electrons. The Morgan fingerprint density at radius 2 is 1.71 bits per heavy atom. The number of carboxylic acids is 1. The fourth-order valence-corrected chi connectivity index (χ4v) is 6.24. The third-order valence-electron chi connectivity index (χ3n) is 7.78. The fraction of sp³-hybridized carbons (Fsp3) is 0.364. The molecule has 12 heteroatoms. The van der Waals surface area contributed by atoms with Crippen LogP contribution >= 0.6 is 11.8 Å². The molecule has 4 atom stereocenters. The summed E-state index contributed by atoms with van der Waals surface area (Å²) in [6, 6.07) is 23.8. The fourth-order valence-electron chi connectivity index (χ4n) is 5.22. The Labute approximate surface area is 266 Å². The van der Waals surface area contributed by atoms with Crippen molar-refractivity contribution >= 4 is 23.6 Å². The smallest absolute Gasteiger partial charge is 0.303 e. The van der Waals surface area contributed by atoms with Crippen molar-refractivity contribution in [3.05, 3.63) is 95.1 Å². The number of aromatic nitrogens is 4. The summed E-state index contributed by atoms with van der Waals surface area (Å²) in [5, 5.41) is 33.7. The number of aryl methyl sites for hydroxylation is 1. The zero-order valence-corrected chi connectivity index (χ0v) is 26.0. The van der Waals surface area contributed by atoms with Crippen molar-refractivity contribution in [3.63, 3.8) is 0 Å². The summed E-state index contributed by atoms with van der Waals surface area (Å²) < 4.78 is 14.9. The van der Waals surface area contributed by atoms with E-state index in [1.807, 2.05) is 73.8 Å². The molecule has 0 bridgehead atoms. The first kappa shape index (κ1) is 32.3. The van der Waals surface area contributed by atoms with Gasteiger partial charge in [-0.05, 0) is 56.8 Å². The molecule has 4 aromatic rings. The van der Waals surface area contributed by atoms with E-state index in [0.717, 1.165) is 33.4 Å². The van der Waals surface area contributed by atoms with Crippen molar-refractivity contribution in [2.45, 2.75) is 63.0 Å². The number of benzene rings is 3. The lowest BCUT2D eigenvalue weighted by atomic mass is 9.91. The summed E-state index contributed by atoms with van der Waals surface area (Å²) in [5.41, 5.74) is 5.63. The molecule has 1 aromatic heterocycles. The number of carboxylic acid groups (broad SMARTS) is 1. The van der Waals surface area contributed by atoms with Crippen LogP contribution in [0.1, 0.15) is 60.8 Å². The monoisotopic (exact) mass is 631 g/mol.